The van der Waals surface area contributed by atoms with Gasteiger partial charge in [0.15, 0.2) is 9.84 Å². The number of likely N-dealkylation sites (tertiary alicyclic amines) is 1. The van der Waals surface area contributed by atoms with E-state index in [9.17, 15) is 23.1 Å². The smallest absolute Gasteiger partial charge is 0.266 e. The normalized spacial score (nSPS) is 16.2. The summed E-state index contributed by atoms with van der Waals surface area (Å²) in [6.07, 6.45) is 2.89. The summed E-state index contributed by atoms with van der Waals surface area (Å²) in [5, 5.41) is 10.7. The number of aromatic nitrogens is 2. The van der Waals surface area contributed by atoms with Crippen LogP contribution in [-0.4, -0.2) is 53.0 Å². The molecule has 1 aliphatic heterocycles. The number of nitrogens with zero attached hydrogens (tertiary/aromatic N) is 2. The Balaban J connectivity index is 1.46. The SMILES string of the molecule is CC(C)CC1(O)CCN(C(=O)c2ccc(CS(=O)(=O)c3cccc4[nH]c(=O)cnc34)cc2)CC1. The fraction of sp³-hybridized carbons (Fsp3) is 0.400. The number of aliphatic hydroxyl groups is 1. The summed E-state index contributed by atoms with van der Waals surface area (Å²) in [6, 6.07) is 11.2. The summed E-state index contributed by atoms with van der Waals surface area (Å²) in [5.41, 5.74) is 0.489. The Labute approximate surface area is 198 Å². The first-order valence-corrected chi connectivity index (χ1v) is 13.0. The molecule has 2 N–H and O–H groups in total. The van der Waals surface area contributed by atoms with Crippen LogP contribution < -0.4 is 5.56 Å². The molecule has 4 rings (SSSR count). The van der Waals surface area contributed by atoms with Gasteiger partial charge in [-0.05, 0) is 55.0 Å². The third-order valence-corrected chi connectivity index (χ3v) is 7.94. The highest BCUT2D eigenvalue weighted by molar-refractivity contribution is 7.90. The van der Waals surface area contributed by atoms with Crippen molar-refractivity contribution in [1.29, 1.82) is 0 Å². The molecule has 1 aliphatic rings. The fourth-order valence-electron chi connectivity index (χ4n) is 4.61. The second-order valence-corrected chi connectivity index (χ2v) is 11.4. The van der Waals surface area contributed by atoms with Crippen LogP contribution in [0.1, 0.15) is 49.0 Å². The Bertz CT molecular complexity index is 1360. The van der Waals surface area contributed by atoms with Gasteiger partial charge in [0.2, 0.25) is 0 Å². The number of carbonyl (C=O) groups excluding carboxylic acids is 1. The summed E-state index contributed by atoms with van der Waals surface area (Å²) >= 11 is 0. The Morgan fingerprint density at radius 2 is 1.82 bits per heavy atom. The molecule has 1 fully saturated rings. The van der Waals surface area contributed by atoms with Crippen molar-refractivity contribution in [1.82, 2.24) is 14.9 Å². The van der Waals surface area contributed by atoms with Gasteiger partial charge in [-0.25, -0.2) is 13.4 Å². The van der Waals surface area contributed by atoms with E-state index >= 15 is 0 Å². The highest BCUT2D eigenvalue weighted by Gasteiger charge is 2.34. The zero-order chi connectivity index (χ0) is 24.5. The molecule has 34 heavy (non-hydrogen) atoms. The summed E-state index contributed by atoms with van der Waals surface area (Å²) in [5.74, 6) is 0.0131. The zero-order valence-corrected chi connectivity index (χ0v) is 20.1. The fourth-order valence-corrected chi connectivity index (χ4v) is 6.14. The number of piperidine rings is 1. The van der Waals surface area contributed by atoms with E-state index in [1.165, 1.54) is 6.07 Å². The number of fused-ring (bicyclic) bond motifs is 1. The van der Waals surface area contributed by atoms with Crippen LogP contribution in [0.15, 0.2) is 58.4 Å². The lowest BCUT2D eigenvalue weighted by molar-refractivity contribution is -0.0311. The minimum atomic E-state index is -3.74. The summed E-state index contributed by atoms with van der Waals surface area (Å²) < 4.78 is 26.1. The number of rotatable bonds is 6. The van der Waals surface area contributed by atoms with Crippen molar-refractivity contribution in [2.24, 2.45) is 5.92 Å². The molecule has 0 spiro atoms. The molecular weight excluding hydrogens is 454 g/mol. The van der Waals surface area contributed by atoms with Crippen molar-refractivity contribution in [2.45, 2.75) is 49.4 Å². The van der Waals surface area contributed by atoms with E-state index in [-0.39, 0.29) is 22.1 Å². The highest BCUT2D eigenvalue weighted by atomic mass is 32.2. The van der Waals surface area contributed by atoms with Gasteiger partial charge in [-0.2, -0.15) is 0 Å². The predicted molar refractivity (Wildman–Crippen MR) is 129 cm³/mol. The van der Waals surface area contributed by atoms with Gasteiger partial charge in [-0.1, -0.05) is 32.0 Å². The van der Waals surface area contributed by atoms with E-state index in [0.717, 1.165) is 12.6 Å². The monoisotopic (exact) mass is 483 g/mol. The minimum Gasteiger partial charge on any atom is -0.390 e. The van der Waals surface area contributed by atoms with Crippen LogP contribution in [0.4, 0.5) is 0 Å². The molecule has 0 atom stereocenters. The Morgan fingerprint density at radius 3 is 2.47 bits per heavy atom. The summed E-state index contributed by atoms with van der Waals surface area (Å²) in [7, 11) is -3.74. The van der Waals surface area contributed by atoms with E-state index in [2.05, 4.69) is 23.8 Å². The second kappa shape index (κ2) is 9.31. The third-order valence-electron chi connectivity index (χ3n) is 6.23. The third kappa shape index (κ3) is 5.20. The van der Waals surface area contributed by atoms with E-state index in [4.69, 9.17) is 0 Å². The van der Waals surface area contributed by atoms with Crippen LogP contribution in [0, 0.1) is 5.92 Å². The number of hydrogen-bond acceptors (Lipinski definition) is 6. The first-order valence-electron chi connectivity index (χ1n) is 11.4. The van der Waals surface area contributed by atoms with Crippen molar-refractivity contribution < 1.29 is 18.3 Å². The van der Waals surface area contributed by atoms with Crippen molar-refractivity contribution in [3.05, 3.63) is 70.1 Å². The maximum atomic E-state index is 13.1. The van der Waals surface area contributed by atoms with Gasteiger partial charge in [0.05, 0.1) is 28.0 Å². The van der Waals surface area contributed by atoms with Crippen molar-refractivity contribution in [2.75, 3.05) is 13.1 Å². The number of benzene rings is 2. The number of amides is 1. The summed E-state index contributed by atoms with van der Waals surface area (Å²) in [4.78, 5) is 32.8. The van der Waals surface area contributed by atoms with Gasteiger partial charge in [0.25, 0.3) is 11.5 Å². The van der Waals surface area contributed by atoms with Crippen molar-refractivity contribution in [3.8, 4) is 0 Å². The summed E-state index contributed by atoms with van der Waals surface area (Å²) in [6.45, 7) is 5.15. The lowest BCUT2D eigenvalue weighted by Crippen LogP contribution is -2.47. The molecule has 1 aromatic heterocycles. The maximum Gasteiger partial charge on any atom is 0.266 e. The Hall–Kier alpha value is -3.04. The van der Waals surface area contributed by atoms with Gasteiger partial charge in [-0.3, -0.25) is 9.59 Å². The topological polar surface area (TPSA) is 120 Å². The Morgan fingerprint density at radius 1 is 1.15 bits per heavy atom. The van der Waals surface area contributed by atoms with Gasteiger partial charge in [0, 0.05) is 18.7 Å². The zero-order valence-electron chi connectivity index (χ0n) is 19.3. The van der Waals surface area contributed by atoms with Crippen LogP contribution in [0.5, 0.6) is 0 Å². The predicted octanol–water partition coefficient (Wildman–Crippen LogP) is 2.91. The molecule has 1 saturated heterocycles. The largest absolute Gasteiger partial charge is 0.390 e. The lowest BCUT2D eigenvalue weighted by atomic mass is 9.84. The van der Waals surface area contributed by atoms with Crippen molar-refractivity contribution in [3.63, 3.8) is 0 Å². The molecule has 0 aliphatic carbocycles. The maximum absolute atomic E-state index is 13.1. The van der Waals surface area contributed by atoms with E-state index in [0.29, 0.717) is 48.5 Å². The number of para-hydroxylation sites is 1. The first-order chi connectivity index (χ1) is 16.1. The van der Waals surface area contributed by atoms with Gasteiger partial charge in [0.1, 0.15) is 5.52 Å². The van der Waals surface area contributed by atoms with Gasteiger partial charge in [-0.15, -0.1) is 0 Å². The average Bonchev–Trinajstić information content (AvgIpc) is 2.78. The number of sulfone groups is 1. The average molecular weight is 484 g/mol. The van der Waals surface area contributed by atoms with Gasteiger partial charge < -0.3 is 15.0 Å². The van der Waals surface area contributed by atoms with E-state index in [1.54, 1.807) is 41.3 Å². The minimum absolute atomic E-state index is 0.0450. The molecule has 0 saturated carbocycles. The number of aromatic amines is 1. The van der Waals surface area contributed by atoms with Crippen LogP contribution in [0.2, 0.25) is 0 Å². The molecule has 2 aromatic carbocycles. The second-order valence-electron chi connectivity index (χ2n) is 9.47. The van der Waals surface area contributed by atoms with Crippen molar-refractivity contribution >= 4 is 26.8 Å². The quantitative estimate of drug-likeness (QED) is 0.556. The number of hydrogen-bond donors (Lipinski definition) is 2. The Kier molecular flexibility index (Phi) is 6.60. The van der Waals surface area contributed by atoms with Crippen LogP contribution in [0.25, 0.3) is 11.0 Å². The molecular formula is C25H29N3O5S. The lowest BCUT2D eigenvalue weighted by Gasteiger charge is -2.39. The molecule has 3 aromatic rings. The molecule has 1 amide bonds. The van der Waals surface area contributed by atoms with Gasteiger partial charge >= 0.3 is 0 Å². The molecule has 180 valence electrons. The number of H-pyrrole nitrogens is 1. The molecule has 0 unspecified atom stereocenters. The molecule has 0 radical (unpaired) electrons. The molecule has 9 heteroatoms. The van der Waals surface area contributed by atoms with Crippen LogP contribution in [-0.2, 0) is 15.6 Å². The standard InChI is InChI=1S/C25H29N3O5S/c1-17(2)14-25(31)10-12-28(13-11-25)24(30)19-8-6-18(7-9-19)16-34(32,33)21-5-3-4-20-23(21)26-15-22(29)27-20/h3-9,15,17,31H,10-14,16H2,1-2H3,(H,27,29). The van der Waals surface area contributed by atoms with E-state index in [1.807, 2.05) is 0 Å². The molecule has 0 bridgehead atoms. The van der Waals surface area contributed by atoms with Crippen LogP contribution in [0.3, 0.4) is 0 Å². The molecule has 2 heterocycles. The van der Waals surface area contributed by atoms with E-state index < -0.39 is 21.0 Å². The first kappa shape index (κ1) is 24.1. The molecule has 8 nitrogen and oxygen atoms in total. The number of nitrogens with one attached hydrogen (secondary N) is 1. The highest BCUT2D eigenvalue weighted by Crippen LogP contribution is 2.29. The number of carbonyl (C=O) groups is 1. The van der Waals surface area contributed by atoms with Crippen LogP contribution >= 0.6 is 0 Å².